The lowest BCUT2D eigenvalue weighted by molar-refractivity contribution is -0.138. The lowest BCUT2D eigenvalue weighted by Crippen LogP contribution is -2.60. The van der Waals surface area contributed by atoms with E-state index in [-0.39, 0.29) is 59.4 Å². The highest BCUT2D eigenvalue weighted by atomic mass is 127. The number of piperazine rings is 2. The van der Waals surface area contributed by atoms with Gasteiger partial charge < -0.3 is 29.8 Å². The van der Waals surface area contributed by atoms with Gasteiger partial charge in [-0.2, -0.15) is 0 Å². The van der Waals surface area contributed by atoms with Gasteiger partial charge in [-0.15, -0.1) is 0 Å². The number of hydrogen-bond donors (Lipinski definition) is 1. The van der Waals surface area contributed by atoms with Crippen molar-refractivity contribution in [3.05, 3.63) is 106 Å². The highest BCUT2D eigenvalue weighted by molar-refractivity contribution is 14.1. The Kier molecular flexibility index (Phi) is 15.4. The summed E-state index contributed by atoms with van der Waals surface area (Å²) >= 11 is 14.1. The Balaban J connectivity index is 0.000000208. The van der Waals surface area contributed by atoms with Gasteiger partial charge in [0.25, 0.3) is 17.7 Å². The Bertz CT molecular complexity index is 2470. The maximum atomic E-state index is 13.5. The third-order valence-corrected chi connectivity index (χ3v) is 12.2. The molecule has 4 aliphatic heterocycles. The number of nitrogens with zero attached hydrogens (tertiary/aromatic N) is 5. The summed E-state index contributed by atoms with van der Waals surface area (Å²) in [5.74, 6) is -0.784. The van der Waals surface area contributed by atoms with Gasteiger partial charge in [0, 0.05) is 56.1 Å². The number of nitrogens with one attached hydrogen (secondary N) is 1. The molecule has 15 heteroatoms. The van der Waals surface area contributed by atoms with Crippen molar-refractivity contribution >= 4 is 92.6 Å². The van der Waals surface area contributed by atoms with E-state index in [9.17, 15) is 28.8 Å². The number of amides is 6. The van der Waals surface area contributed by atoms with E-state index in [1.807, 2.05) is 107 Å². The zero-order valence-electron chi connectivity index (χ0n) is 38.2. The Morgan fingerprint density at radius 3 is 1.51 bits per heavy atom. The number of anilines is 2. The SMILES string of the molecule is CC(C)(C)CC(=O)N1CCN2C(=O)c3cc(-c4ccc(Cl)cc4)ccc3NC(=O)C2C1.CI.CN1C(=O)C2CN(C(=O)CC(C)(C)C)CCN2C(=O)c2cc(-c3ccc(Cl)cc3)ccc21. The van der Waals surface area contributed by atoms with E-state index in [2.05, 4.69) is 27.9 Å². The molecule has 2 unspecified atom stereocenters. The Hall–Kier alpha value is -4.99. The minimum atomic E-state index is -0.698. The lowest BCUT2D eigenvalue weighted by atomic mass is 9.91. The minimum absolute atomic E-state index is 0.0131. The molecule has 2 fully saturated rings. The quantitative estimate of drug-likeness (QED) is 0.160. The molecule has 1 N–H and O–H groups in total. The first-order chi connectivity index (χ1) is 30.7. The van der Waals surface area contributed by atoms with E-state index in [1.54, 1.807) is 55.8 Å². The number of likely N-dealkylation sites (N-methyl/N-ethyl adjacent to an activating group) is 1. The second-order valence-corrected chi connectivity index (χ2v) is 19.9. The maximum absolute atomic E-state index is 13.5. The number of carbonyl (C=O) groups excluding carboxylic acids is 6. The van der Waals surface area contributed by atoms with Crippen LogP contribution in [0.3, 0.4) is 0 Å². The van der Waals surface area contributed by atoms with Gasteiger partial charge in [0.2, 0.25) is 17.7 Å². The van der Waals surface area contributed by atoms with Crippen molar-refractivity contribution in [2.75, 3.05) is 61.5 Å². The summed E-state index contributed by atoms with van der Waals surface area (Å²) < 4.78 is 0. The number of fused-ring (bicyclic) bond motifs is 4. The summed E-state index contributed by atoms with van der Waals surface area (Å²) in [5, 5.41) is 4.17. The molecular formula is C50H57Cl2IN6O6. The smallest absolute Gasteiger partial charge is 0.256 e. The fraction of sp³-hybridized carbons (Fsp3) is 0.400. The lowest BCUT2D eigenvalue weighted by Gasteiger charge is -2.40. The predicted molar refractivity (Wildman–Crippen MR) is 267 cm³/mol. The van der Waals surface area contributed by atoms with Crippen LogP contribution in [0.25, 0.3) is 22.3 Å². The molecule has 0 spiro atoms. The molecule has 2 atom stereocenters. The van der Waals surface area contributed by atoms with Crippen molar-refractivity contribution in [1.29, 1.82) is 0 Å². The van der Waals surface area contributed by atoms with Crippen LogP contribution in [-0.2, 0) is 19.2 Å². The van der Waals surface area contributed by atoms with Crippen molar-refractivity contribution in [2.24, 2.45) is 10.8 Å². The Morgan fingerprint density at radius 2 is 1.02 bits per heavy atom. The zero-order valence-corrected chi connectivity index (χ0v) is 41.9. The molecule has 4 aromatic carbocycles. The van der Waals surface area contributed by atoms with E-state index in [1.165, 1.54) is 0 Å². The van der Waals surface area contributed by atoms with Crippen molar-refractivity contribution in [2.45, 2.75) is 66.5 Å². The fourth-order valence-electron chi connectivity index (χ4n) is 8.41. The number of carbonyl (C=O) groups is 6. The average molecular weight is 1040 g/mol. The van der Waals surface area contributed by atoms with E-state index < -0.39 is 12.1 Å². The van der Waals surface area contributed by atoms with Gasteiger partial charge in [0.15, 0.2) is 0 Å². The second-order valence-electron chi connectivity index (χ2n) is 19.1. The third-order valence-electron chi connectivity index (χ3n) is 11.7. The molecule has 4 heterocycles. The average Bonchev–Trinajstić information content (AvgIpc) is 3.42. The van der Waals surface area contributed by atoms with Gasteiger partial charge in [-0.25, -0.2) is 0 Å². The third kappa shape index (κ3) is 11.5. The molecular weight excluding hydrogens is 978 g/mol. The molecule has 4 aromatic rings. The molecule has 0 aromatic heterocycles. The normalized spacial score (nSPS) is 18.4. The predicted octanol–water partition coefficient (Wildman–Crippen LogP) is 9.17. The molecule has 0 saturated carbocycles. The molecule has 0 radical (unpaired) electrons. The monoisotopic (exact) mass is 1030 g/mol. The second kappa shape index (κ2) is 20.3. The number of rotatable bonds is 4. The molecule has 344 valence electrons. The van der Waals surface area contributed by atoms with E-state index in [4.69, 9.17) is 23.2 Å². The first-order valence-electron chi connectivity index (χ1n) is 21.6. The molecule has 6 amide bonds. The number of benzene rings is 4. The number of halogens is 3. The Morgan fingerprint density at radius 1 is 0.600 bits per heavy atom. The standard InChI is InChI=1S/C25H28ClN3O3.C24H26ClN3O3.CH3I/c1-25(2,3)14-22(30)28-11-12-29-21(15-28)24(32)27(4)20-10-7-17(13-19(20)23(29)31)16-5-8-18(26)9-6-16;1-24(2,3)13-21(29)27-10-11-28-20(14-27)22(30)26-19-9-6-16(12-18(19)23(28)31)15-4-7-17(25)8-5-15;1-2/h5-10,13,21H,11-12,14-15H2,1-4H3;4-9,12,20H,10-11,13-14H2,1-3H3,(H,26,30);1H3. The van der Waals surface area contributed by atoms with Crippen LogP contribution in [0.5, 0.6) is 0 Å². The summed E-state index contributed by atoms with van der Waals surface area (Å²) in [4.78, 5) is 88.8. The highest BCUT2D eigenvalue weighted by Gasteiger charge is 2.44. The van der Waals surface area contributed by atoms with Crippen molar-refractivity contribution in [1.82, 2.24) is 19.6 Å². The summed E-state index contributed by atoms with van der Waals surface area (Å²) in [6.07, 6.45) is 0.808. The maximum Gasteiger partial charge on any atom is 0.256 e. The molecule has 12 nitrogen and oxygen atoms in total. The van der Waals surface area contributed by atoms with Crippen LogP contribution in [0.1, 0.15) is 75.1 Å². The fourth-order valence-corrected chi connectivity index (χ4v) is 8.67. The van der Waals surface area contributed by atoms with Crippen molar-refractivity contribution in [3.8, 4) is 22.3 Å². The Labute approximate surface area is 405 Å². The molecule has 8 rings (SSSR count). The van der Waals surface area contributed by atoms with Gasteiger partial charge >= 0.3 is 0 Å². The largest absolute Gasteiger partial charge is 0.338 e. The van der Waals surface area contributed by atoms with Crippen LogP contribution in [0.15, 0.2) is 84.9 Å². The molecule has 2 saturated heterocycles. The number of alkyl halides is 1. The van der Waals surface area contributed by atoms with Crippen molar-refractivity contribution in [3.63, 3.8) is 0 Å². The van der Waals surface area contributed by atoms with E-state index >= 15 is 0 Å². The summed E-state index contributed by atoms with van der Waals surface area (Å²) in [5.41, 5.74) is 5.38. The van der Waals surface area contributed by atoms with Crippen LogP contribution < -0.4 is 10.2 Å². The number of hydrogen-bond acceptors (Lipinski definition) is 6. The summed E-state index contributed by atoms with van der Waals surface area (Å²) in [7, 11) is 1.69. The molecule has 65 heavy (non-hydrogen) atoms. The van der Waals surface area contributed by atoms with Crippen LogP contribution in [-0.4, -0.2) is 118 Å². The van der Waals surface area contributed by atoms with Crippen LogP contribution in [0.2, 0.25) is 10.0 Å². The van der Waals surface area contributed by atoms with Gasteiger partial charge in [0.05, 0.1) is 35.6 Å². The van der Waals surface area contributed by atoms with Gasteiger partial charge in [-0.3, -0.25) is 28.8 Å². The summed E-state index contributed by atoms with van der Waals surface area (Å²) in [6.45, 7) is 14.1. The molecule has 0 aliphatic carbocycles. The first kappa shape index (κ1) is 49.4. The first-order valence-corrected chi connectivity index (χ1v) is 24.5. The van der Waals surface area contributed by atoms with E-state index in [0.717, 1.165) is 22.3 Å². The van der Waals surface area contributed by atoms with Gasteiger partial charge in [-0.05, 0) is 86.5 Å². The molecule has 0 bridgehead atoms. The van der Waals surface area contributed by atoms with Gasteiger partial charge in [-0.1, -0.05) is 124 Å². The minimum Gasteiger partial charge on any atom is -0.338 e. The highest BCUT2D eigenvalue weighted by Crippen LogP contribution is 2.35. The molecule has 4 aliphatic rings. The topological polar surface area (TPSA) is 131 Å². The summed E-state index contributed by atoms with van der Waals surface area (Å²) in [6, 6.07) is 24.4. The van der Waals surface area contributed by atoms with Crippen LogP contribution >= 0.6 is 45.8 Å². The van der Waals surface area contributed by atoms with E-state index in [0.29, 0.717) is 71.6 Å². The van der Waals surface area contributed by atoms with Gasteiger partial charge in [0.1, 0.15) is 12.1 Å². The van der Waals surface area contributed by atoms with Crippen LogP contribution in [0.4, 0.5) is 11.4 Å². The van der Waals surface area contributed by atoms with Crippen LogP contribution in [0, 0.1) is 10.8 Å². The van der Waals surface area contributed by atoms with Crippen molar-refractivity contribution < 1.29 is 28.8 Å². The zero-order chi connectivity index (χ0) is 47.5.